The number of carbonyl (C=O) groups is 1. The van der Waals surface area contributed by atoms with Gasteiger partial charge in [-0.15, -0.1) is 0 Å². The Bertz CT molecular complexity index is 1160. The van der Waals surface area contributed by atoms with Crippen LogP contribution in [0.1, 0.15) is 21.6 Å². The summed E-state index contributed by atoms with van der Waals surface area (Å²) in [5.74, 6) is 4.27. The van der Waals surface area contributed by atoms with Gasteiger partial charge in [-0.1, -0.05) is 42.2 Å². The number of hydrogen-bond donors (Lipinski definition) is 0. The molecule has 0 radical (unpaired) electrons. The Hall–Kier alpha value is -3.63. The van der Waals surface area contributed by atoms with Crippen molar-refractivity contribution < 1.29 is 18.3 Å². The minimum absolute atomic E-state index is 0.0770. The van der Waals surface area contributed by atoms with Crippen molar-refractivity contribution in [3.05, 3.63) is 89.7 Å². The van der Waals surface area contributed by atoms with E-state index in [1.807, 2.05) is 6.07 Å². The lowest BCUT2D eigenvalue weighted by molar-refractivity contribution is -0.255. The zero-order valence-electron chi connectivity index (χ0n) is 14.9. The van der Waals surface area contributed by atoms with Gasteiger partial charge in [0.2, 0.25) is 0 Å². The molecule has 0 N–H and O–H groups in total. The second kappa shape index (κ2) is 7.94. The van der Waals surface area contributed by atoms with Crippen LogP contribution in [0, 0.1) is 11.8 Å². The molecule has 2 aromatic carbocycles. The predicted molar refractivity (Wildman–Crippen MR) is 103 cm³/mol. The van der Waals surface area contributed by atoms with Crippen molar-refractivity contribution in [3.63, 3.8) is 0 Å². The van der Waals surface area contributed by atoms with Crippen molar-refractivity contribution in [3.8, 4) is 11.8 Å². The number of benzene rings is 2. The summed E-state index contributed by atoms with van der Waals surface area (Å²) in [5.41, 5.74) is 1.12. The zero-order valence-corrected chi connectivity index (χ0v) is 15.7. The highest BCUT2D eigenvalue weighted by molar-refractivity contribution is 7.92. The van der Waals surface area contributed by atoms with Crippen molar-refractivity contribution >= 4 is 21.7 Å². The molecule has 28 heavy (non-hydrogen) atoms. The highest BCUT2D eigenvalue weighted by Crippen LogP contribution is 2.23. The van der Waals surface area contributed by atoms with Crippen LogP contribution in [0.25, 0.3) is 0 Å². The third-order valence-electron chi connectivity index (χ3n) is 3.96. The maximum absolute atomic E-state index is 13.1. The molecule has 6 nitrogen and oxygen atoms in total. The number of para-hydroxylation sites is 1. The van der Waals surface area contributed by atoms with Crippen LogP contribution in [0.15, 0.2) is 77.8 Å². The number of sulfonamides is 1. The van der Waals surface area contributed by atoms with Gasteiger partial charge in [-0.2, -0.15) is 0 Å². The molecular weight excluding hydrogens is 376 g/mol. The Morgan fingerprint density at radius 2 is 1.64 bits per heavy atom. The molecule has 0 atom stereocenters. The number of carboxylic acid groups (broad SMARTS) is 1. The molecule has 3 aromatic rings. The summed E-state index contributed by atoms with van der Waals surface area (Å²) in [6.07, 6.45) is 1.30. The lowest BCUT2D eigenvalue weighted by Gasteiger charge is -2.20. The highest BCUT2D eigenvalue weighted by Gasteiger charge is 2.23. The molecule has 0 saturated carbocycles. The number of aromatic nitrogens is 1. The maximum atomic E-state index is 13.1. The molecule has 0 amide bonds. The second-order valence-electron chi connectivity index (χ2n) is 5.77. The molecule has 3 rings (SSSR count). The SMILES string of the molecule is CN(c1ccccc1)S(=O)(=O)c1ccccc1C#Cc1ccc(C(=O)[O-])nc1. The topological polar surface area (TPSA) is 90.4 Å². The molecule has 1 heterocycles. The van der Waals surface area contributed by atoms with Crippen LogP contribution < -0.4 is 9.41 Å². The third kappa shape index (κ3) is 4.03. The van der Waals surface area contributed by atoms with Crippen LogP contribution in [0.4, 0.5) is 5.69 Å². The first-order valence-corrected chi connectivity index (χ1v) is 9.66. The van der Waals surface area contributed by atoms with Gasteiger partial charge in [0.1, 0.15) is 4.90 Å². The number of aromatic carboxylic acids is 1. The number of nitrogens with zero attached hydrogens (tertiary/aromatic N) is 2. The van der Waals surface area contributed by atoms with Crippen molar-refractivity contribution in [1.82, 2.24) is 4.98 Å². The second-order valence-corrected chi connectivity index (χ2v) is 7.71. The largest absolute Gasteiger partial charge is 0.543 e. The molecule has 0 saturated heterocycles. The van der Waals surface area contributed by atoms with Crippen LogP contribution in [0.2, 0.25) is 0 Å². The molecule has 0 fully saturated rings. The number of rotatable bonds is 4. The summed E-state index contributed by atoms with van der Waals surface area (Å²) in [6.45, 7) is 0. The molecule has 0 bridgehead atoms. The minimum atomic E-state index is -3.82. The third-order valence-corrected chi connectivity index (χ3v) is 5.80. The van der Waals surface area contributed by atoms with E-state index >= 15 is 0 Å². The first-order chi connectivity index (χ1) is 13.4. The fraction of sp³-hybridized carbons (Fsp3) is 0.0476. The average molecular weight is 391 g/mol. The number of carbonyl (C=O) groups excluding carboxylic acids is 1. The van der Waals surface area contributed by atoms with Crippen LogP contribution >= 0.6 is 0 Å². The van der Waals surface area contributed by atoms with E-state index in [-0.39, 0.29) is 10.6 Å². The van der Waals surface area contributed by atoms with Gasteiger partial charge in [0, 0.05) is 24.4 Å². The number of carboxylic acids is 1. The number of pyridine rings is 1. The van der Waals surface area contributed by atoms with E-state index in [2.05, 4.69) is 16.8 Å². The molecule has 0 aliphatic rings. The lowest BCUT2D eigenvalue weighted by atomic mass is 10.2. The summed E-state index contributed by atoms with van der Waals surface area (Å²) < 4.78 is 27.3. The molecule has 0 spiro atoms. The Morgan fingerprint density at radius 3 is 2.29 bits per heavy atom. The summed E-state index contributed by atoms with van der Waals surface area (Å²) in [6, 6.07) is 17.9. The fourth-order valence-electron chi connectivity index (χ4n) is 2.45. The summed E-state index contributed by atoms with van der Waals surface area (Å²) >= 11 is 0. The monoisotopic (exact) mass is 391 g/mol. The van der Waals surface area contributed by atoms with Crippen LogP contribution in [-0.2, 0) is 10.0 Å². The van der Waals surface area contributed by atoms with Crippen molar-refractivity contribution in [2.24, 2.45) is 0 Å². The van der Waals surface area contributed by atoms with Crippen molar-refractivity contribution in [2.75, 3.05) is 11.4 Å². The van der Waals surface area contributed by atoms with E-state index in [0.717, 1.165) is 0 Å². The van der Waals surface area contributed by atoms with Crippen LogP contribution in [0.3, 0.4) is 0 Å². The normalized spacial score (nSPS) is 10.6. The summed E-state index contributed by atoms with van der Waals surface area (Å²) in [5, 5.41) is 10.7. The van der Waals surface area contributed by atoms with Gasteiger partial charge >= 0.3 is 0 Å². The Kier molecular flexibility index (Phi) is 5.43. The van der Waals surface area contributed by atoms with E-state index in [4.69, 9.17) is 0 Å². The van der Waals surface area contributed by atoms with Gasteiger partial charge in [0.15, 0.2) is 0 Å². The van der Waals surface area contributed by atoms with Crippen molar-refractivity contribution in [2.45, 2.75) is 4.90 Å². The van der Waals surface area contributed by atoms with E-state index in [9.17, 15) is 18.3 Å². The molecule has 0 aliphatic heterocycles. The van der Waals surface area contributed by atoms with Gasteiger partial charge in [-0.3, -0.25) is 9.29 Å². The molecule has 1 aromatic heterocycles. The Balaban J connectivity index is 1.97. The summed E-state index contributed by atoms with van der Waals surface area (Å²) in [7, 11) is -2.33. The number of hydrogen-bond acceptors (Lipinski definition) is 5. The van der Waals surface area contributed by atoms with Gasteiger partial charge in [0.25, 0.3) is 10.0 Å². The molecule has 140 valence electrons. The lowest BCUT2D eigenvalue weighted by Crippen LogP contribution is -2.27. The quantitative estimate of drug-likeness (QED) is 0.631. The Labute approximate surface area is 163 Å². The van der Waals surface area contributed by atoms with E-state index < -0.39 is 16.0 Å². The van der Waals surface area contributed by atoms with Gasteiger partial charge in [0.05, 0.1) is 17.4 Å². The minimum Gasteiger partial charge on any atom is -0.543 e. The first kappa shape index (κ1) is 19.1. The van der Waals surface area contributed by atoms with Gasteiger partial charge in [-0.25, -0.2) is 8.42 Å². The molecule has 0 aliphatic carbocycles. The smallest absolute Gasteiger partial charge is 0.265 e. The number of anilines is 1. The van der Waals surface area contributed by atoms with Crippen molar-refractivity contribution in [1.29, 1.82) is 0 Å². The van der Waals surface area contributed by atoms with E-state index in [0.29, 0.717) is 16.8 Å². The highest BCUT2D eigenvalue weighted by atomic mass is 32.2. The van der Waals surface area contributed by atoms with E-state index in [1.165, 1.54) is 35.7 Å². The van der Waals surface area contributed by atoms with Gasteiger partial charge in [-0.05, 0) is 36.4 Å². The predicted octanol–water partition coefficient (Wildman–Crippen LogP) is 1.67. The summed E-state index contributed by atoms with van der Waals surface area (Å²) in [4.78, 5) is 14.6. The molecule has 0 unspecified atom stereocenters. The van der Waals surface area contributed by atoms with Gasteiger partial charge < -0.3 is 9.90 Å². The molecule has 7 heteroatoms. The average Bonchev–Trinajstić information content (AvgIpc) is 2.72. The fourth-order valence-corrected chi connectivity index (χ4v) is 3.79. The van der Waals surface area contributed by atoms with E-state index in [1.54, 1.807) is 42.5 Å². The van der Waals surface area contributed by atoms with Crippen LogP contribution in [-0.4, -0.2) is 26.4 Å². The first-order valence-electron chi connectivity index (χ1n) is 8.22. The standard InChI is InChI=1S/C21H16N2O4S/c1-23(18-8-3-2-4-9-18)28(26,27)20-10-6-5-7-17(20)13-11-16-12-14-19(21(24)25)22-15-16/h2-10,12,14-15H,1H3,(H,24,25)/p-1. The van der Waals surface area contributed by atoms with Crippen LogP contribution in [0.5, 0.6) is 0 Å². The molecular formula is C21H15N2O4S-. The maximum Gasteiger partial charge on any atom is 0.265 e. The zero-order chi connectivity index (χ0) is 20.1. The Morgan fingerprint density at radius 1 is 0.964 bits per heavy atom.